The van der Waals surface area contributed by atoms with Crippen LogP contribution in [0.1, 0.15) is 9.67 Å². The summed E-state index contributed by atoms with van der Waals surface area (Å²) in [5.74, 6) is 0.341. The topological polar surface area (TPSA) is 86.5 Å². The Kier molecular flexibility index (Phi) is 4.03. The van der Waals surface area contributed by atoms with Crippen LogP contribution < -0.4 is 15.8 Å². The number of fused-ring (bicyclic) bond motifs is 1. The van der Waals surface area contributed by atoms with Crippen LogP contribution in [0.2, 0.25) is 0 Å². The van der Waals surface area contributed by atoms with Crippen LogP contribution in [0, 0.1) is 0 Å². The molecule has 0 unspecified atom stereocenters. The van der Waals surface area contributed by atoms with Crippen molar-refractivity contribution in [2.45, 2.75) is 0 Å². The van der Waals surface area contributed by atoms with E-state index in [0.717, 1.165) is 21.8 Å². The molecule has 0 radical (unpaired) electrons. The Morgan fingerprint density at radius 2 is 1.96 bits per heavy atom. The molecule has 3 rings (SSSR count). The molecule has 0 saturated heterocycles. The standard InChI is InChI=1S/C16H15N3O3S/c1-21-11-5-3-9(4-6-11)19-10-7-12-14(18-8-10)13(17)15(23-12)16(20)22-2/h3-8,19H,17H2,1-2H3. The molecule has 118 valence electrons. The summed E-state index contributed by atoms with van der Waals surface area (Å²) < 4.78 is 10.7. The lowest BCUT2D eigenvalue weighted by molar-refractivity contribution is 0.0607. The number of carbonyl (C=O) groups excluding carboxylic acids is 1. The molecule has 0 atom stereocenters. The molecule has 1 aromatic carbocycles. The highest BCUT2D eigenvalue weighted by Gasteiger charge is 2.18. The highest BCUT2D eigenvalue weighted by atomic mass is 32.1. The van der Waals surface area contributed by atoms with Crippen molar-refractivity contribution in [3.05, 3.63) is 41.4 Å². The number of nitrogens with two attached hydrogens (primary N) is 1. The van der Waals surface area contributed by atoms with Gasteiger partial charge in [-0.15, -0.1) is 11.3 Å². The van der Waals surface area contributed by atoms with Crippen LogP contribution in [0.15, 0.2) is 36.5 Å². The number of methoxy groups -OCH3 is 2. The third-order valence-electron chi connectivity index (χ3n) is 3.31. The molecular formula is C16H15N3O3S. The minimum absolute atomic E-state index is 0.354. The third kappa shape index (κ3) is 2.91. The number of esters is 1. The number of nitrogens with one attached hydrogen (secondary N) is 1. The van der Waals surface area contributed by atoms with Gasteiger partial charge in [-0.3, -0.25) is 4.98 Å². The number of nitrogen functional groups attached to an aromatic ring is 1. The predicted octanol–water partition coefficient (Wildman–Crippen LogP) is 3.42. The number of thiophene rings is 1. The summed E-state index contributed by atoms with van der Waals surface area (Å²) in [5.41, 5.74) is 8.64. The van der Waals surface area contributed by atoms with Crippen molar-refractivity contribution in [3.8, 4) is 5.75 Å². The molecule has 0 spiro atoms. The molecule has 23 heavy (non-hydrogen) atoms. The Morgan fingerprint density at radius 3 is 2.61 bits per heavy atom. The van der Waals surface area contributed by atoms with Crippen LogP contribution >= 0.6 is 11.3 Å². The second-order valence-electron chi connectivity index (χ2n) is 4.76. The number of rotatable bonds is 4. The summed E-state index contributed by atoms with van der Waals surface area (Å²) in [7, 11) is 2.95. The van der Waals surface area contributed by atoms with E-state index in [0.29, 0.717) is 16.1 Å². The number of ether oxygens (including phenoxy) is 2. The van der Waals surface area contributed by atoms with Gasteiger partial charge < -0.3 is 20.5 Å². The molecule has 0 saturated carbocycles. The second kappa shape index (κ2) is 6.13. The third-order valence-corrected chi connectivity index (χ3v) is 4.44. The summed E-state index contributed by atoms with van der Waals surface area (Å²) in [6.45, 7) is 0. The van der Waals surface area contributed by atoms with Crippen LogP contribution in [0.25, 0.3) is 10.2 Å². The monoisotopic (exact) mass is 329 g/mol. The van der Waals surface area contributed by atoms with Gasteiger partial charge in [0.1, 0.15) is 16.1 Å². The van der Waals surface area contributed by atoms with Crippen molar-refractivity contribution in [2.24, 2.45) is 0 Å². The van der Waals surface area contributed by atoms with Crippen molar-refractivity contribution >= 4 is 44.6 Å². The minimum Gasteiger partial charge on any atom is -0.497 e. The highest BCUT2D eigenvalue weighted by Crippen LogP contribution is 2.34. The van der Waals surface area contributed by atoms with Gasteiger partial charge in [0.05, 0.1) is 36.5 Å². The fourth-order valence-corrected chi connectivity index (χ4v) is 3.19. The number of pyridine rings is 1. The molecule has 0 aliphatic rings. The lowest BCUT2D eigenvalue weighted by Crippen LogP contribution is -2.01. The number of carbonyl (C=O) groups is 1. The van der Waals surface area contributed by atoms with Gasteiger partial charge >= 0.3 is 5.97 Å². The number of aromatic nitrogens is 1. The van der Waals surface area contributed by atoms with Gasteiger partial charge in [-0.2, -0.15) is 0 Å². The average Bonchev–Trinajstić information content (AvgIpc) is 2.91. The normalized spacial score (nSPS) is 10.5. The van der Waals surface area contributed by atoms with Crippen molar-refractivity contribution in [2.75, 3.05) is 25.3 Å². The SMILES string of the molecule is COC(=O)c1sc2cc(Nc3ccc(OC)cc3)cnc2c1N. The number of hydrogen-bond acceptors (Lipinski definition) is 7. The minimum atomic E-state index is -0.449. The molecule has 7 heteroatoms. The first-order chi connectivity index (χ1) is 11.1. The lowest BCUT2D eigenvalue weighted by atomic mass is 10.2. The highest BCUT2D eigenvalue weighted by molar-refractivity contribution is 7.21. The number of nitrogens with zero attached hydrogens (tertiary/aromatic N) is 1. The maximum absolute atomic E-state index is 11.7. The van der Waals surface area contributed by atoms with Gasteiger partial charge in [0, 0.05) is 5.69 Å². The molecule has 2 heterocycles. The van der Waals surface area contributed by atoms with Crippen LogP contribution in [-0.4, -0.2) is 25.2 Å². The first-order valence-corrected chi connectivity index (χ1v) is 7.61. The molecule has 3 N–H and O–H groups in total. The smallest absolute Gasteiger partial charge is 0.350 e. The largest absolute Gasteiger partial charge is 0.497 e. The first kappa shape index (κ1) is 15.1. The zero-order valence-electron chi connectivity index (χ0n) is 12.6. The summed E-state index contributed by atoms with van der Waals surface area (Å²) in [6, 6.07) is 9.46. The fraction of sp³-hybridized carbons (Fsp3) is 0.125. The van der Waals surface area contributed by atoms with Crippen LogP contribution in [0.4, 0.5) is 17.1 Å². The molecule has 2 aromatic heterocycles. The fourth-order valence-electron chi connectivity index (χ4n) is 2.15. The Balaban J connectivity index is 1.91. The molecule has 0 fully saturated rings. The van der Waals surface area contributed by atoms with E-state index in [1.54, 1.807) is 13.3 Å². The van der Waals surface area contributed by atoms with E-state index in [9.17, 15) is 4.79 Å². The molecular weight excluding hydrogens is 314 g/mol. The molecule has 6 nitrogen and oxygen atoms in total. The van der Waals surface area contributed by atoms with Gasteiger partial charge in [0.25, 0.3) is 0 Å². The summed E-state index contributed by atoms with van der Waals surface area (Å²) in [4.78, 5) is 16.4. The first-order valence-electron chi connectivity index (χ1n) is 6.79. The summed E-state index contributed by atoms with van der Waals surface area (Å²) in [6.07, 6.45) is 1.68. The summed E-state index contributed by atoms with van der Waals surface area (Å²) in [5, 5.41) is 3.25. The van der Waals surface area contributed by atoms with Crippen molar-refractivity contribution < 1.29 is 14.3 Å². The van der Waals surface area contributed by atoms with Crippen LogP contribution in [0.3, 0.4) is 0 Å². The van der Waals surface area contributed by atoms with E-state index in [1.165, 1.54) is 18.4 Å². The molecule has 0 bridgehead atoms. The van der Waals surface area contributed by atoms with Gasteiger partial charge in [-0.1, -0.05) is 0 Å². The van der Waals surface area contributed by atoms with Crippen LogP contribution in [-0.2, 0) is 4.74 Å². The quantitative estimate of drug-likeness (QED) is 0.713. The molecule has 3 aromatic rings. The number of hydrogen-bond donors (Lipinski definition) is 2. The predicted molar refractivity (Wildman–Crippen MR) is 91.6 cm³/mol. The maximum atomic E-state index is 11.7. The Bertz CT molecular complexity index is 859. The van der Waals surface area contributed by atoms with E-state index in [1.807, 2.05) is 30.3 Å². The number of benzene rings is 1. The second-order valence-corrected chi connectivity index (χ2v) is 5.81. The van der Waals surface area contributed by atoms with Gasteiger partial charge in [0.15, 0.2) is 0 Å². The van der Waals surface area contributed by atoms with E-state index in [-0.39, 0.29) is 0 Å². The van der Waals surface area contributed by atoms with E-state index < -0.39 is 5.97 Å². The average molecular weight is 329 g/mol. The van der Waals surface area contributed by atoms with E-state index in [4.69, 9.17) is 15.2 Å². The van der Waals surface area contributed by atoms with Gasteiger partial charge in [-0.05, 0) is 30.3 Å². The van der Waals surface area contributed by atoms with E-state index >= 15 is 0 Å². The van der Waals surface area contributed by atoms with E-state index in [2.05, 4.69) is 10.3 Å². The Labute approximate surface area is 136 Å². The van der Waals surface area contributed by atoms with Crippen molar-refractivity contribution in [1.82, 2.24) is 4.98 Å². The van der Waals surface area contributed by atoms with Gasteiger partial charge in [0.2, 0.25) is 0 Å². The zero-order chi connectivity index (χ0) is 16.4. The van der Waals surface area contributed by atoms with Crippen molar-refractivity contribution in [1.29, 1.82) is 0 Å². The van der Waals surface area contributed by atoms with Crippen molar-refractivity contribution in [3.63, 3.8) is 0 Å². The summed E-state index contributed by atoms with van der Waals surface area (Å²) >= 11 is 1.27. The zero-order valence-corrected chi connectivity index (χ0v) is 13.4. The molecule has 0 amide bonds. The molecule has 0 aliphatic heterocycles. The molecule has 0 aliphatic carbocycles. The Morgan fingerprint density at radius 1 is 1.22 bits per heavy atom. The van der Waals surface area contributed by atoms with Gasteiger partial charge in [-0.25, -0.2) is 4.79 Å². The maximum Gasteiger partial charge on any atom is 0.350 e. The van der Waals surface area contributed by atoms with Crippen LogP contribution in [0.5, 0.6) is 5.75 Å². The lowest BCUT2D eigenvalue weighted by Gasteiger charge is -2.07. The number of anilines is 3. The Hall–Kier alpha value is -2.80.